The summed E-state index contributed by atoms with van der Waals surface area (Å²) in [6.07, 6.45) is 9.46. The average molecular weight is 685 g/mol. The maximum Gasteiger partial charge on any atom is 0.357 e. The third-order valence-corrected chi connectivity index (χ3v) is 16.2. The van der Waals surface area contributed by atoms with Gasteiger partial charge >= 0.3 is 5.97 Å². The van der Waals surface area contributed by atoms with E-state index in [0.717, 1.165) is 57.9 Å². The summed E-state index contributed by atoms with van der Waals surface area (Å²) in [7, 11) is -3.11. The Morgan fingerprint density at radius 2 is 1.69 bits per heavy atom. The third kappa shape index (κ3) is 7.41. The molecule has 6 nitrogen and oxygen atoms in total. The second-order valence-electron chi connectivity index (χ2n) is 15.3. The average Bonchev–Trinajstić information content (AvgIpc) is 3.63. The highest BCUT2D eigenvalue weighted by molar-refractivity contribution is 7.09. The predicted molar refractivity (Wildman–Crippen MR) is 196 cm³/mol. The van der Waals surface area contributed by atoms with Gasteiger partial charge in [-0.05, 0) is 85.0 Å². The first kappa shape index (κ1) is 34.8. The molecule has 8 heteroatoms. The number of hydrogen-bond donors (Lipinski definition) is 1. The van der Waals surface area contributed by atoms with Crippen molar-refractivity contribution < 1.29 is 18.9 Å². The molecule has 0 aliphatic heterocycles. The van der Waals surface area contributed by atoms with E-state index in [2.05, 4.69) is 52.0 Å². The van der Waals surface area contributed by atoms with E-state index in [1.165, 1.54) is 49.0 Å². The van der Waals surface area contributed by atoms with Gasteiger partial charge in [0.1, 0.15) is 5.76 Å². The Labute approximate surface area is 291 Å². The van der Waals surface area contributed by atoms with Crippen molar-refractivity contribution in [3.63, 3.8) is 0 Å². The number of benzene rings is 2. The van der Waals surface area contributed by atoms with Crippen molar-refractivity contribution in [1.29, 1.82) is 0 Å². The maximum atomic E-state index is 12.8. The zero-order chi connectivity index (χ0) is 33.9. The molecule has 2 heterocycles. The van der Waals surface area contributed by atoms with Crippen LogP contribution in [0.2, 0.25) is 5.04 Å². The van der Waals surface area contributed by atoms with Crippen LogP contribution in [-0.4, -0.2) is 35.8 Å². The van der Waals surface area contributed by atoms with E-state index < -0.39 is 8.32 Å². The fourth-order valence-electron chi connectivity index (χ4n) is 8.03. The van der Waals surface area contributed by atoms with Crippen LogP contribution in [0.1, 0.15) is 136 Å². The highest BCUT2D eigenvalue weighted by Crippen LogP contribution is 2.53. The fraction of sp³-hybridized carbons (Fsp3) is 0.525. The summed E-state index contributed by atoms with van der Waals surface area (Å²) in [5.41, 5.74) is 2.85. The summed E-state index contributed by atoms with van der Waals surface area (Å²) in [6, 6.07) is 20.6. The molecular formula is C40H52N2O4SSi. The monoisotopic (exact) mass is 684 g/mol. The third-order valence-electron chi connectivity index (χ3n) is 10.7. The minimum atomic E-state index is -3.11. The summed E-state index contributed by atoms with van der Waals surface area (Å²) in [5, 5.41) is 9.36. The summed E-state index contributed by atoms with van der Waals surface area (Å²) in [6.45, 7) is 11.3. The standard InChI is InChI=1S/C40H52N2O4SSi/c1-6-45-39(43)34-26-47-35(41-34)25-30(37-36(29-19-20-29)38(46-42-37)31-23-28(24-31)22-27(2)3)14-13-21-40(4,5)48(44,32-15-9-7-10-16-32)33-17-11-8-12-18-33/h7-12,15-18,26-31,44H,6,13-14,19-25H2,1-5H3. The number of carbonyl (C=O) groups is 1. The van der Waals surface area contributed by atoms with E-state index in [1.807, 2.05) is 48.7 Å². The molecule has 0 spiro atoms. The van der Waals surface area contributed by atoms with Gasteiger partial charge in [-0.2, -0.15) is 0 Å². The fourth-order valence-corrected chi connectivity index (χ4v) is 12.7. The lowest BCUT2D eigenvalue weighted by Crippen LogP contribution is -2.65. The van der Waals surface area contributed by atoms with Crippen molar-refractivity contribution in [1.82, 2.24) is 10.1 Å². The first-order chi connectivity index (χ1) is 23.1. The van der Waals surface area contributed by atoms with Crippen LogP contribution in [0.3, 0.4) is 0 Å². The maximum absolute atomic E-state index is 12.8. The number of nitrogens with zero attached hydrogens (tertiary/aromatic N) is 2. The molecule has 0 radical (unpaired) electrons. The van der Waals surface area contributed by atoms with Crippen molar-refractivity contribution in [3.8, 4) is 0 Å². The first-order valence-electron chi connectivity index (χ1n) is 18.0. The van der Waals surface area contributed by atoms with Crippen molar-refractivity contribution in [2.45, 2.75) is 115 Å². The second kappa shape index (κ2) is 14.8. The molecule has 2 aromatic heterocycles. The van der Waals surface area contributed by atoms with E-state index in [9.17, 15) is 9.59 Å². The molecule has 0 amide bonds. The van der Waals surface area contributed by atoms with Gasteiger partial charge in [-0.3, -0.25) is 0 Å². The summed E-state index contributed by atoms with van der Waals surface area (Å²) >= 11 is 1.53. The number of ether oxygens (including phenoxy) is 1. The molecule has 48 heavy (non-hydrogen) atoms. The van der Waals surface area contributed by atoms with Crippen molar-refractivity contribution in [2.24, 2.45) is 11.8 Å². The highest BCUT2D eigenvalue weighted by atomic mass is 32.1. The minimum absolute atomic E-state index is 0.116. The van der Waals surface area contributed by atoms with Gasteiger partial charge in [0.15, 0.2) is 5.69 Å². The van der Waals surface area contributed by atoms with Crippen LogP contribution in [0.15, 0.2) is 70.6 Å². The predicted octanol–water partition coefficient (Wildman–Crippen LogP) is 8.75. The van der Waals surface area contributed by atoms with Gasteiger partial charge in [-0.1, -0.05) is 99.9 Å². The molecule has 0 saturated heterocycles. The molecule has 256 valence electrons. The van der Waals surface area contributed by atoms with Crippen molar-refractivity contribution in [3.05, 3.63) is 93.8 Å². The number of rotatable bonds is 16. The van der Waals surface area contributed by atoms with E-state index in [0.29, 0.717) is 30.6 Å². The zero-order valence-corrected chi connectivity index (χ0v) is 31.1. The molecular weight excluding hydrogens is 633 g/mol. The van der Waals surface area contributed by atoms with Gasteiger partial charge in [-0.25, -0.2) is 9.78 Å². The minimum Gasteiger partial charge on any atom is -0.461 e. The first-order valence-corrected chi connectivity index (χ1v) is 20.9. The van der Waals surface area contributed by atoms with Crippen LogP contribution < -0.4 is 10.4 Å². The van der Waals surface area contributed by atoms with Crippen molar-refractivity contribution >= 4 is 36.0 Å². The van der Waals surface area contributed by atoms with Gasteiger partial charge in [0.25, 0.3) is 8.32 Å². The summed E-state index contributed by atoms with van der Waals surface area (Å²) in [5.74, 6) is 3.39. The van der Waals surface area contributed by atoms with E-state index >= 15 is 0 Å². The Bertz CT molecular complexity index is 1600. The van der Waals surface area contributed by atoms with Crippen LogP contribution >= 0.6 is 11.3 Å². The molecule has 2 aromatic carbocycles. The van der Waals surface area contributed by atoms with E-state index in [4.69, 9.17) is 19.4 Å². The smallest absolute Gasteiger partial charge is 0.357 e. The SMILES string of the molecule is CCOC(=O)c1csc(CC(CCCC(C)(C)[Si](O)(c2ccccc2)c2ccccc2)c2noc(C3CC(CC(C)C)C3)c2C2CC2)n1. The summed E-state index contributed by atoms with van der Waals surface area (Å²) in [4.78, 5) is 29.9. The number of hydrogen-bond acceptors (Lipinski definition) is 7. The second-order valence-corrected chi connectivity index (χ2v) is 20.1. The van der Waals surface area contributed by atoms with Gasteiger partial charge < -0.3 is 14.1 Å². The van der Waals surface area contributed by atoms with Gasteiger partial charge in [0, 0.05) is 29.2 Å². The lowest BCUT2D eigenvalue weighted by molar-refractivity contribution is 0.0520. The molecule has 4 aromatic rings. The lowest BCUT2D eigenvalue weighted by Gasteiger charge is -2.41. The molecule has 1 unspecified atom stereocenters. The Kier molecular flexibility index (Phi) is 10.7. The number of thiazole rings is 1. The molecule has 0 bridgehead atoms. The normalized spacial score (nSPS) is 18.9. The molecule has 2 aliphatic rings. The Hall–Kier alpha value is -3.07. The Balaban J connectivity index is 1.26. The van der Waals surface area contributed by atoms with Gasteiger partial charge in [0.05, 0.1) is 17.3 Å². The zero-order valence-electron chi connectivity index (χ0n) is 29.3. The van der Waals surface area contributed by atoms with Crippen LogP contribution in [0.25, 0.3) is 0 Å². The quantitative estimate of drug-likeness (QED) is 0.0939. The number of aromatic nitrogens is 2. The molecule has 6 rings (SSSR count). The number of carbonyl (C=O) groups excluding carboxylic acids is 1. The lowest BCUT2D eigenvalue weighted by atomic mass is 9.69. The largest absolute Gasteiger partial charge is 0.461 e. The summed E-state index contributed by atoms with van der Waals surface area (Å²) < 4.78 is 11.5. The Morgan fingerprint density at radius 1 is 1.04 bits per heavy atom. The molecule has 2 aliphatic carbocycles. The molecule has 1 N–H and O–H groups in total. The highest BCUT2D eigenvalue weighted by Gasteiger charge is 2.49. The molecule has 1 atom stereocenters. The van der Waals surface area contributed by atoms with Gasteiger partial charge in [-0.15, -0.1) is 11.3 Å². The van der Waals surface area contributed by atoms with E-state index in [-0.39, 0.29) is 16.9 Å². The van der Waals surface area contributed by atoms with Crippen molar-refractivity contribution in [2.75, 3.05) is 6.61 Å². The molecule has 2 saturated carbocycles. The topological polar surface area (TPSA) is 85.5 Å². The van der Waals surface area contributed by atoms with Crippen LogP contribution in [0.5, 0.6) is 0 Å². The van der Waals surface area contributed by atoms with Crippen LogP contribution in [0, 0.1) is 11.8 Å². The van der Waals surface area contributed by atoms with E-state index in [1.54, 1.807) is 0 Å². The Morgan fingerprint density at radius 3 is 2.27 bits per heavy atom. The van der Waals surface area contributed by atoms with Crippen LogP contribution in [0.4, 0.5) is 0 Å². The molecule has 2 fully saturated rings. The van der Waals surface area contributed by atoms with Gasteiger partial charge in [0.2, 0.25) is 0 Å². The number of esters is 1. The van der Waals surface area contributed by atoms with Crippen LogP contribution in [-0.2, 0) is 11.2 Å².